The number of nitrogens with zero attached hydrogens (tertiary/aromatic N) is 3. The molecule has 3 rings (SSSR count). The van der Waals surface area contributed by atoms with Crippen LogP contribution in [0.25, 0.3) is 0 Å². The lowest BCUT2D eigenvalue weighted by Crippen LogP contribution is -2.67. The van der Waals surface area contributed by atoms with Gasteiger partial charge in [0.2, 0.25) is 5.91 Å². The first-order valence-corrected chi connectivity index (χ1v) is 10.9. The molecule has 1 N–H and O–H groups in total. The van der Waals surface area contributed by atoms with E-state index in [1.807, 2.05) is 30.6 Å². The molecule has 2 saturated heterocycles. The van der Waals surface area contributed by atoms with E-state index in [1.165, 1.54) is 0 Å². The van der Waals surface area contributed by atoms with E-state index in [9.17, 15) is 9.59 Å². The number of hydrazine groups is 1. The minimum absolute atomic E-state index is 0.0274. The predicted molar refractivity (Wildman–Crippen MR) is 109 cm³/mol. The maximum atomic E-state index is 12.8. The van der Waals surface area contributed by atoms with Crippen molar-refractivity contribution in [2.75, 3.05) is 19.6 Å². The van der Waals surface area contributed by atoms with E-state index in [4.69, 9.17) is 4.74 Å². The molecule has 2 amide bonds. The topological polar surface area (TPSA) is 65.1 Å². The van der Waals surface area contributed by atoms with E-state index in [0.717, 1.165) is 32.4 Å². The van der Waals surface area contributed by atoms with Gasteiger partial charge in [-0.15, -0.1) is 0 Å². The summed E-state index contributed by atoms with van der Waals surface area (Å²) in [5.74, 6) is 1.27. The molecule has 5 atom stereocenters. The Kier molecular flexibility index (Phi) is 6.54. The zero-order valence-corrected chi connectivity index (χ0v) is 18.4. The zero-order chi connectivity index (χ0) is 20.6. The molecule has 0 aromatic rings. The van der Waals surface area contributed by atoms with Crippen LogP contribution in [-0.2, 0) is 9.53 Å². The van der Waals surface area contributed by atoms with E-state index in [2.05, 4.69) is 24.3 Å². The molecule has 7 heteroatoms. The summed E-state index contributed by atoms with van der Waals surface area (Å²) < 4.78 is 5.55. The number of carbonyl (C=O) groups excluding carboxylic acids is 2. The lowest BCUT2D eigenvalue weighted by molar-refractivity contribution is -0.142. The van der Waals surface area contributed by atoms with Crippen molar-refractivity contribution in [2.24, 2.45) is 11.8 Å². The molecular weight excluding hydrogens is 356 g/mol. The Hall–Kier alpha value is -1.34. The van der Waals surface area contributed by atoms with Crippen molar-refractivity contribution >= 4 is 12.0 Å². The molecule has 0 spiro atoms. The second-order valence-electron chi connectivity index (χ2n) is 9.44. The predicted octanol–water partition coefficient (Wildman–Crippen LogP) is 2.47. The standard InChI is InChI=1S/C21H38N4O3/c1-13(2)24-12-18(10-22-24)17-7-8-19-20(9-17)23(21(27)28-14(3)4)11-15(5)25(19)16(6)26/h13-15,17-20,22H,7-12H2,1-6H3/t15-,17?,18?,19?,20?/m0/s1. The van der Waals surface area contributed by atoms with E-state index in [-0.39, 0.29) is 36.2 Å². The number of piperazine rings is 1. The fraction of sp³-hybridized carbons (Fsp3) is 0.905. The third-order valence-electron chi connectivity index (χ3n) is 6.73. The number of carbonyl (C=O) groups is 2. The Morgan fingerprint density at radius 1 is 1.04 bits per heavy atom. The van der Waals surface area contributed by atoms with Crippen LogP contribution in [0, 0.1) is 11.8 Å². The molecule has 2 aliphatic heterocycles. The number of hydrogen-bond acceptors (Lipinski definition) is 5. The molecule has 0 radical (unpaired) electrons. The van der Waals surface area contributed by atoms with Crippen molar-refractivity contribution in [2.45, 2.75) is 91.1 Å². The number of rotatable bonds is 3. The van der Waals surface area contributed by atoms with Crippen LogP contribution >= 0.6 is 0 Å². The van der Waals surface area contributed by atoms with Gasteiger partial charge in [0.25, 0.3) is 0 Å². The zero-order valence-electron chi connectivity index (χ0n) is 18.4. The molecule has 2 heterocycles. The van der Waals surface area contributed by atoms with Crippen molar-refractivity contribution in [3.63, 3.8) is 0 Å². The van der Waals surface area contributed by atoms with Crippen LogP contribution < -0.4 is 5.43 Å². The average molecular weight is 395 g/mol. The van der Waals surface area contributed by atoms with Crippen LogP contribution in [0.5, 0.6) is 0 Å². The molecule has 4 unspecified atom stereocenters. The minimum Gasteiger partial charge on any atom is -0.447 e. The largest absolute Gasteiger partial charge is 0.447 e. The fourth-order valence-electron chi connectivity index (χ4n) is 5.43. The maximum absolute atomic E-state index is 12.8. The summed E-state index contributed by atoms with van der Waals surface area (Å²) in [4.78, 5) is 29.1. The summed E-state index contributed by atoms with van der Waals surface area (Å²) in [6, 6.07) is 0.674. The Balaban J connectivity index is 1.77. The first kappa shape index (κ1) is 21.4. The molecule has 7 nitrogen and oxygen atoms in total. The van der Waals surface area contributed by atoms with Gasteiger partial charge in [0, 0.05) is 38.6 Å². The van der Waals surface area contributed by atoms with Gasteiger partial charge in [-0.2, -0.15) is 0 Å². The number of nitrogens with one attached hydrogen (secondary N) is 1. The van der Waals surface area contributed by atoms with Crippen LogP contribution in [-0.4, -0.2) is 76.7 Å². The minimum atomic E-state index is -0.228. The van der Waals surface area contributed by atoms with Crippen molar-refractivity contribution < 1.29 is 14.3 Å². The van der Waals surface area contributed by atoms with Crippen molar-refractivity contribution in [1.29, 1.82) is 0 Å². The highest BCUT2D eigenvalue weighted by atomic mass is 16.6. The monoisotopic (exact) mass is 394 g/mol. The maximum Gasteiger partial charge on any atom is 0.410 e. The summed E-state index contributed by atoms with van der Waals surface area (Å²) in [7, 11) is 0. The van der Waals surface area contributed by atoms with Gasteiger partial charge in [-0.25, -0.2) is 9.80 Å². The van der Waals surface area contributed by atoms with E-state index in [0.29, 0.717) is 24.4 Å². The molecule has 0 aromatic carbocycles. The number of fused-ring (bicyclic) bond motifs is 1. The van der Waals surface area contributed by atoms with Crippen molar-refractivity contribution in [3.8, 4) is 0 Å². The third-order valence-corrected chi connectivity index (χ3v) is 6.73. The molecule has 28 heavy (non-hydrogen) atoms. The van der Waals surface area contributed by atoms with E-state index >= 15 is 0 Å². The number of amides is 2. The SMILES string of the molecule is CC(=O)N1C2CCC(C3CNN(C(C)C)C3)CC2N(C(=O)OC(C)C)C[C@@H]1C. The van der Waals surface area contributed by atoms with Crippen LogP contribution in [0.15, 0.2) is 0 Å². The van der Waals surface area contributed by atoms with Gasteiger partial charge in [0.05, 0.1) is 18.2 Å². The summed E-state index contributed by atoms with van der Waals surface area (Å²) in [6.07, 6.45) is 2.66. The van der Waals surface area contributed by atoms with Crippen LogP contribution in [0.3, 0.4) is 0 Å². The first-order valence-electron chi connectivity index (χ1n) is 10.9. The Morgan fingerprint density at radius 3 is 2.32 bits per heavy atom. The molecule has 160 valence electrons. The van der Waals surface area contributed by atoms with Crippen molar-refractivity contribution in [3.05, 3.63) is 0 Å². The fourth-order valence-corrected chi connectivity index (χ4v) is 5.43. The number of ether oxygens (including phenoxy) is 1. The Morgan fingerprint density at radius 2 is 1.75 bits per heavy atom. The Labute approximate surface area is 169 Å². The molecule has 0 bridgehead atoms. The molecule has 1 saturated carbocycles. The smallest absolute Gasteiger partial charge is 0.410 e. The van der Waals surface area contributed by atoms with Gasteiger partial charge in [-0.1, -0.05) is 0 Å². The summed E-state index contributed by atoms with van der Waals surface area (Å²) in [5.41, 5.74) is 3.53. The molecule has 1 aliphatic carbocycles. The summed E-state index contributed by atoms with van der Waals surface area (Å²) in [5, 5.41) is 2.33. The van der Waals surface area contributed by atoms with Crippen LogP contribution in [0.1, 0.15) is 60.8 Å². The van der Waals surface area contributed by atoms with Gasteiger partial charge in [0.15, 0.2) is 0 Å². The lowest BCUT2D eigenvalue weighted by Gasteiger charge is -2.54. The molecule has 3 fully saturated rings. The second-order valence-corrected chi connectivity index (χ2v) is 9.44. The summed E-state index contributed by atoms with van der Waals surface area (Å²) in [6.45, 7) is 14.5. The normalized spacial score (nSPS) is 34.1. The lowest BCUT2D eigenvalue weighted by atomic mass is 9.73. The van der Waals surface area contributed by atoms with Crippen molar-refractivity contribution in [1.82, 2.24) is 20.2 Å². The quantitative estimate of drug-likeness (QED) is 0.797. The highest BCUT2D eigenvalue weighted by Gasteiger charge is 2.48. The van der Waals surface area contributed by atoms with Gasteiger partial charge < -0.3 is 14.5 Å². The number of hydrogen-bond donors (Lipinski definition) is 1. The van der Waals surface area contributed by atoms with Crippen LogP contribution in [0.4, 0.5) is 4.79 Å². The highest BCUT2D eigenvalue weighted by Crippen LogP contribution is 2.40. The third kappa shape index (κ3) is 4.30. The molecular formula is C21H38N4O3. The second kappa shape index (κ2) is 8.57. The van der Waals surface area contributed by atoms with Crippen LogP contribution in [0.2, 0.25) is 0 Å². The molecule has 3 aliphatic rings. The van der Waals surface area contributed by atoms with E-state index < -0.39 is 0 Å². The first-order chi connectivity index (χ1) is 13.2. The summed E-state index contributed by atoms with van der Waals surface area (Å²) >= 11 is 0. The van der Waals surface area contributed by atoms with Gasteiger partial charge >= 0.3 is 6.09 Å². The van der Waals surface area contributed by atoms with Gasteiger partial charge in [-0.05, 0) is 65.7 Å². The average Bonchev–Trinajstić information content (AvgIpc) is 3.10. The Bertz CT molecular complexity index is 582. The molecule has 0 aromatic heterocycles. The van der Waals surface area contributed by atoms with Gasteiger partial charge in [0.1, 0.15) is 0 Å². The highest BCUT2D eigenvalue weighted by molar-refractivity contribution is 5.75. The van der Waals surface area contributed by atoms with E-state index in [1.54, 1.807) is 6.92 Å². The van der Waals surface area contributed by atoms with Gasteiger partial charge in [-0.3, -0.25) is 10.2 Å².